The van der Waals surface area contributed by atoms with Crippen molar-refractivity contribution in [1.29, 1.82) is 0 Å². The van der Waals surface area contributed by atoms with Crippen LogP contribution in [0.5, 0.6) is 0 Å². The Morgan fingerprint density at radius 2 is 1.88 bits per heavy atom. The third-order valence-corrected chi connectivity index (χ3v) is 5.35. The Kier molecular flexibility index (Phi) is 6.26. The number of hydrogen-bond donors (Lipinski definition) is 0. The van der Waals surface area contributed by atoms with Gasteiger partial charge in [-0.05, 0) is 18.1 Å². The summed E-state index contributed by atoms with van der Waals surface area (Å²) >= 11 is 7.54. The largest absolute Gasteiger partial charge is 0.285 e. The molecule has 1 fully saturated rings. The van der Waals surface area contributed by atoms with Crippen molar-refractivity contribution in [2.75, 3.05) is 6.54 Å². The monoisotopic (exact) mass is 383 g/mol. The Balaban J connectivity index is 1.77. The minimum Gasteiger partial charge on any atom is -0.285 e. The molecule has 2 aromatic rings. The summed E-state index contributed by atoms with van der Waals surface area (Å²) < 4.78 is 0. The summed E-state index contributed by atoms with van der Waals surface area (Å²) in [5.41, 5.74) is 1.90. The molecule has 3 rings (SSSR count). The lowest BCUT2D eigenvalue weighted by atomic mass is 10.1. The third kappa shape index (κ3) is 4.42. The van der Waals surface area contributed by atoms with Gasteiger partial charge in [-0.1, -0.05) is 78.0 Å². The molecule has 1 amide bonds. The fourth-order valence-electron chi connectivity index (χ4n) is 2.56. The first kappa shape index (κ1) is 18.4. The van der Waals surface area contributed by atoms with Crippen LogP contribution in [0.4, 0.5) is 0 Å². The summed E-state index contributed by atoms with van der Waals surface area (Å²) in [4.78, 5) is 14.3. The Labute approximate surface area is 162 Å². The van der Waals surface area contributed by atoms with Gasteiger partial charge in [-0.15, -0.1) is 11.7 Å². The molecule has 0 radical (unpaired) electrons. The predicted octanol–water partition coefficient (Wildman–Crippen LogP) is 4.40. The Morgan fingerprint density at radius 1 is 1.15 bits per heavy atom. The molecule has 6 heteroatoms. The molecule has 1 aliphatic rings. The van der Waals surface area contributed by atoms with Gasteiger partial charge in [-0.25, -0.2) is 0 Å². The van der Waals surface area contributed by atoms with Crippen molar-refractivity contribution in [3.63, 3.8) is 0 Å². The molecule has 1 heterocycles. The van der Waals surface area contributed by atoms with Gasteiger partial charge in [0.2, 0.25) is 5.91 Å². The molecule has 0 N–H and O–H groups in total. The number of hydrogen-bond acceptors (Lipinski definition) is 4. The van der Waals surface area contributed by atoms with Crippen molar-refractivity contribution in [1.82, 2.24) is 4.90 Å². The van der Waals surface area contributed by atoms with E-state index in [2.05, 4.69) is 16.8 Å². The van der Waals surface area contributed by atoms with Crippen molar-refractivity contribution < 1.29 is 4.79 Å². The molecular formula is C20H18ClN3OS. The van der Waals surface area contributed by atoms with Crippen LogP contribution in [0.15, 0.2) is 77.5 Å². The standard InChI is InChI=1S/C20H18ClN3OS/c1-2-12-24-19(25)18(13-15-8-4-3-5-9-15)26-20(24)23-22-14-16-10-6-7-11-17(16)21/h2-11,14,18H,1,12-13H2/b22-14+,23-20+. The van der Waals surface area contributed by atoms with E-state index >= 15 is 0 Å². The zero-order chi connectivity index (χ0) is 18.4. The van der Waals surface area contributed by atoms with Crippen molar-refractivity contribution in [2.45, 2.75) is 11.7 Å². The van der Waals surface area contributed by atoms with Gasteiger partial charge in [0.1, 0.15) is 0 Å². The quantitative estimate of drug-likeness (QED) is 0.421. The first-order chi connectivity index (χ1) is 12.7. The molecule has 1 aliphatic heterocycles. The number of amidine groups is 1. The summed E-state index contributed by atoms with van der Waals surface area (Å²) in [5.74, 6) is 0.0328. The van der Waals surface area contributed by atoms with Gasteiger partial charge >= 0.3 is 0 Å². The van der Waals surface area contributed by atoms with E-state index in [1.165, 1.54) is 11.8 Å². The average molecular weight is 384 g/mol. The topological polar surface area (TPSA) is 45.0 Å². The molecule has 0 spiro atoms. The second-order valence-electron chi connectivity index (χ2n) is 5.68. The summed E-state index contributed by atoms with van der Waals surface area (Å²) in [5, 5.41) is 9.36. The van der Waals surface area contributed by atoms with Gasteiger partial charge < -0.3 is 0 Å². The molecule has 132 valence electrons. The van der Waals surface area contributed by atoms with Crippen LogP contribution >= 0.6 is 23.4 Å². The molecule has 0 aromatic heterocycles. The number of carbonyl (C=O) groups is 1. The van der Waals surface area contributed by atoms with E-state index in [-0.39, 0.29) is 11.2 Å². The first-order valence-electron chi connectivity index (χ1n) is 8.17. The maximum Gasteiger partial charge on any atom is 0.242 e. The highest BCUT2D eigenvalue weighted by Gasteiger charge is 2.37. The molecule has 0 bridgehead atoms. The van der Waals surface area contributed by atoms with Gasteiger partial charge in [0.05, 0.1) is 11.5 Å². The van der Waals surface area contributed by atoms with E-state index in [4.69, 9.17) is 11.6 Å². The highest BCUT2D eigenvalue weighted by atomic mass is 35.5. The van der Waals surface area contributed by atoms with Crippen LogP contribution in [-0.2, 0) is 11.2 Å². The van der Waals surface area contributed by atoms with Crippen LogP contribution in [0, 0.1) is 0 Å². The summed E-state index contributed by atoms with van der Waals surface area (Å²) in [6, 6.07) is 17.4. The van der Waals surface area contributed by atoms with Crippen LogP contribution < -0.4 is 0 Å². The van der Waals surface area contributed by atoms with E-state index in [9.17, 15) is 4.79 Å². The third-order valence-electron chi connectivity index (χ3n) is 3.84. The Bertz CT molecular complexity index is 851. The van der Waals surface area contributed by atoms with Crippen molar-refractivity contribution in [2.24, 2.45) is 10.2 Å². The Hall–Kier alpha value is -2.37. The molecule has 2 aromatic carbocycles. The summed E-state index contributed by atoms with van der Waals surface area (Å²) in [6.45, 7) is 4.14. The number of carbonyl (C=O) groups excluding carboxylic acids is 1. The van der Waals surface area contributed by atoms with Crippen molar-refractivity contribution in [3.8, 4) is 0 Å². The van der Waals surface area contributed by atoms with Crippen molar-refractivity contribution >= 4 is 40.7 Å². The zero-order valence-corrected chi connectivity index (χ0v) is 15.7. The normalized spacial score (nSPS) is 18.8. The second-order valence-corrected chi connectivity index (χ2v) is 7.26. The lowest BCUT2D eigenvalue weighted by Crippen LogP contribution is -2.32. The second kappa shape index (κ2) is 8.83. The number of amides is 1. The smallest absolute Gasteiger partial charge is 0.242 e. The van der Waals surface area contributed by atoms with Gasteiger partial charge in [0, 0.05) is 17.1 Å². The summed E-state index contributed by atoms with van der Waals surface area (Å²) in [7, 11) is 0. The highest BCUT2D eigenvalue weighted by molar-refractivity contribution is 8.15. The first-order valence-corrected chi connectivity index (χ1v) is 9.43. The van der Waals surface area contributed by atoms with Gasteiger partial charge in [0.15, 0.2) is 5.17 Å². The molecule has 1 unspecified atom stereocenters. The SMILES string of the molecule is C=CCN1C(=O)C(Cc2ccccc2)S/C1=N/N=C/c1ccccc1Cl. The van der Waals surface area contributed by atoms with Crippen LogP contribution in [0.3, 0.4) is 0 Å². The van der Waals surface area contributed by atoms with Gasteiger partial charge in [0.25, 0.3) is 0 Å². The zero-order valence-electron chi connectivity index (χ0n) is 14.1. The predicted molar refractivity (Wildman–Crippen MR) is 110 cm³/mol. The van der Waals surface area contributed by atoms with Crippen LogP contribution in [0.2, 0.25) is 5.02 Å². The van der Waals surface area contributed by atoms with E-state index < -0.39 is 0 Å². The highest BCUT2D eigenvalue weighted by Crippen LogP contribution is 2.30. The van der Waals surface area contributed by atoms with E-state index in [0.29, 0.717) is 23.2 Å². The summed E-state index contributed by atoms with van der Waals surface area (Å²) in [6.07, 6.45) is 3.94. The van der Waals surface area contributed by atoms with Crippen LogP contribution in [0.1, 0.15) is 11.1 Å². The number of rotatable bonds is 6. The van der Waals surface area contributed by atoms with E-state index in [1.54, 1.807) is 23.3 Å². The Morgan fingerprint density at radius 3 is 2.62 bits per heavy atom. The number of nitrogens with zero attached hydrogens (tertiary/aromatic N) is 3. The van der Waals surface area contributed by atoms with Crippen molar-refractivity contribution in [3.05, 3.63) is 83.4 Å². The number of halogens is 1. The number of thioether (sulfide) groups is 1. The minimum absolute atomic E-state index is 0.0328. The molecule has 0 aliphatic carbocycles. The lowest BCUT2D eigenvalue weighted by molar-refractivity contribution is -0.125. The van der Waals surface area contributed by atoms with Crippen LogP contribution in [0.25, 0.3) is 0 Å². The van der Waals surface area contributed by atoms with Gasteiger partial charge in [-0.2, -0.15) is 5.10 Å². The number of benzene rings is 2. The molecule has 26 heavy (non-hydrogen) atoms. The fraction of sp³-hybridized carbons (Fsp3) is 0.150. The minimum atomic E-state index is -0.202. The van der Waals surface area contributed by atoms with Gasteiger partial charge in [-0.3, -0.25) is 9.69 Å². The van der Waals surface area contributed by atoms with E-state index in [0.717, 1.165) is 11.1 Å². The molecule has 1 saturated heterocycles. The molecule has 0 saturated carbocycles. The average Bonchev–Trinajstić information content (AvgIpc) is 2.94. The molecule has 4 nitrogen and oxygen atoms in total. The van der Waals surface area contributed by atoms with E-state index in [1.807, 2.05) is 48.5 Å². The maximum atomic E-state index is 12.7. The fourth-order valence-corrected chi connectivity index (χ4v) is 3.89. The maximum absolute atomic E-state index is 12.7. The lowest BCUT2D eigenvalue weighted by Gasteiger charge is -2.12. The van der Waals surface area contributed by atoms with Crippen LogP contribution in [-0.4, -0.2) is 34.0 Å². The molecule has 1 atom stereocenters. The molecular weight excluding hydrogens is 366 g/mol.